The molecule has 1 spiro atoms. The Morgan fingerprint density at radius 3 is 2.53 bits per heavy atom. The summed E-state index contributed by atoms with van der Waals surface area (Å²) in [4.78, 5) is 2.22. The molecule has 1 fully saturated rings. The Morgan fingerprint density at radius 2 is 1.83 bits per heavy atom. The number of rotatable bonds is 5. The highest BCUT2D eigenvalue weighted by atomic mass is 16.5. The number of β-amino-alcohol motifs (C(OH)–C–C–N with tert-alkyl or cyclic N) is 1. The van der Waals surface area contributed by atoms with E-state index < -0.39 is 17.8 Å². The van der Waals surface area contributed by atoms with Crippen LogP contribution < -0.4 is 14.2 Å². The predicted molar refractivity (Wildman–Crippen MR) is 111 cm³/mol. The van der Waals surface area contributed by atoms with E-state index in [1.807, 2.05) is 12.1 Å². The molecular weight excluding hydrogens is 386 g/mol. The SMILES string of the molecule is COc1ccc([C@H](O)CN2CCC3(CC2)C[C@H](O)c2cc(O)ccc2O3)cc1OC. The van der Waals surface area contributed by atoms with Gasteiger partial charge in [0.25, 0.3) is 0 Å². The molecule has 7 heteroatoms. The van der Waals surface area contributed by atoms with Gasteiger partial charge < -0.3 is 34.4 Å². The number of phenols is 1. The first-order valence-corrected chi connectivity index (χ1v) is 10.3. The lowest BCUT2D eigenvalue weighted by molar-refractivity contribution is -0.0588. The van der Waals surface area contributed by atoms with Crippen LogP contribution in [0.5, 0.6) is 23.0 Å². The van der Waals surface area contributed by atoms with E-state index in [-0.39, 0.29) is 5.75 Å². The summed E-state index contributed by atoms with van der Waals surface area (Å²) in [6.07, 6.45) is 0.756. The van der Waals surface area contributed by atoms with Crippen LogP contribution in [0.4, 0.5) is 0 Å². The molecule has 2 aromatic rings. The standard InChI is InChI=1S/C23H29NO6/c1-28-21-5-3-15(11-22(21)29-2)19(27)14-24-9-7-23(8-10-24)13-18(26)17-12-16(25)4-6-20(17)30-23/h3-6,11-12,18-19,25-27H,7-10,13-14H2,1-2H3/t18-,19+/m0/s1. The smallest absolute Gasteiger partial charge is 0.161 e. The number of fused-ring (bicyclic) bond motifs is 1. The average Bonchev–Trinajstić information content (AvgIpc) is 2.75. The highest BCUT2D eigenvalue weighted by Crippen LogP contribution is 2.45. The Labute approximate surface area is 176 Å². The number of likely N-dealkylation sites (tertiary alicyclic amines) is 1. The van der Waals surface area contributed by atoms with E-state index in [0.29, 0.717) is 35.8 Å². The molecule has 0 bridgehead atoms. The number of methoxy groups -OCH3 is 2. The van der Waals surface area contributed by atoms with E-state index in [0.717, 1.165) is 31.5 Å². The number of aliphatic hydroxyl groups excluding tert-OH is 2. The van der Waals surface area contributed by atoms with Gasteiger partial charge in [0.15, 0.2) is 11.5 Å². The molecule has 2 aliphatic heterocycles. The number of phenolic OH excluding ortho intramolecular Hbond substituents is 1. The zero-order chi connectivity index (χ0) is 21.3. The summed E-state index contributed by atoms with van der Waals surface area (Å²) in [5, 5.41) is 31.0. The molecule has 0 amide bonds. The first kappa shape index (κ1) is 20.8. The summed E-state index contributed by atoms with van der Waals surface area (Å²) in [5.41, 5.74) is 1.02. The van der Waals surface area contributed by atoms with Crippen molar-refractivity contribution in [3.63, 3.8) is 0 Å². The second-order valence-corrected chi connectivity index (χ2v) is 8.16. The van der Waals surface area contributed by atoms with Gasteiger partial charge >= 0.3 is 0 Å². The lowest BCUT2D eigenvalue weighted by Crippen LogP contribution is -2.51. The molecule has 0 radical (unpaired) electrons. The van der Waals surface area contributed by atoms with E-state index >= 15 is 0 Å². The van der Waals surface area contributed by atoms with Crippen LogP contribution in [0.3, 0.4) is 0 Å². The number of benzene rings is 2. The van der Waals surface area contributed by atoms with Crippen LogP contribution in [0, 0.1) is 0 Å². The van der Waals surface area contributed by atoms with Crippen LogP contribution in [0.1, 0.15) is 42.6 Å². The van der Waals surface area contributed by atoms with Gasteiger partial charge in [-0.05, 0) is 48.7 Å². The maximum absolute atomic E-state index is 10.7. The third-order valence-corrected chi connectivity index (χ3v) is 6.23. The van der Waals surface area contributed by atoms with E-state index in [1.54, 1.807) is 38.5 Å². The Balaban J connectivity index is 1.39. The van der Waals surface area contributed by atoms with E-state index in [4.69, 9.17) is 14.2 Å². The summed E-state index contributed by atoms with van der Waals surface area (Å²) in [6.45, 7) is 2.05. The minimum atomic E-state index is -0.648. The molecule has 30 heavy (non-hydrogen) atoms. The molecule has 0 aromatic heterocycles. The lowest BCUT2D eigenvalue weighted by atomic mass is 9.81. The number of hydrogen-bond donors (Lipinski definition) is 3. The maximum Gasteiger partial charge on any atom is 0.161 e. The molecule has 2 aromatic carbocycles. The fourth-order valence-electron chi connectivity index (χ4n) is 4.49. The summed E-state index contributed by atoms with van der Waals surface area (Å²) >= 11 is 0. The van der Waals surface area contributed by atoms with Gasteiger partial charge in [0.2, 0.25) is 0 Å². The van der Waals surface area contributed by atoms with Crippen LogP contribution in [0.15, 0.2) is 36.4 Å². The topological polar surface area (TPSA) is 91.6 Å². The Kier molecular flexibility index (Phi) is 5.77. The second kappa shape index (κ2) is 8.34. The zero-order valence-corrected chi connectivity index (χ0v) is 17.4. The van der Waals surface area contributed by atoms with Gasteiger partial charge in [-0.3, -0.25) is 0 Å². The van der Waals surface area contributed by atoms with Gasteiger partial charge in [-0.2, -0.15) is 0 Å². The van der Waals surface area contributed by atoms with Crippen molar-refractivity contribution in [2.24, 2.45) is 0 Å². The number of nitrogens with zero attached hydrogens (tertiary/aromatic N) is 1. The monoisotopic (exact) mass is 415 g/mol. The Bertz CT molecular complexity index is 893. The Hall–Kier alpha value is -2.48. The molecule has 2 atom stereocenters. The summed E-state index contributed by atoms with van der Waals surface area (Å²) in [6, 6.07) is 10.3. The third-order valence-electron chi connectivity index (χ3n) is 6.23. The summed E-state index contributed by atoms with van der Waals surface area (Å²) in [5.74, 6) is 2.01. The summed E-state index contributed by atoms with van der Waals surface area (Å²) < 4.78 is 16.9. The third kappa shape index (κ3) is 4.05. The van der Waals surface area contributed by atoms with E-state index in [2.05, 4.69) is 4.90 Å². The minimum Gasteiger partial charge on any atom is -0.508 e. The van der Waals surface area contributed by atoms with Crippen molar-refractivity contribution in [3.8, 4) is 23.0 Å². The van der Waals surface area contributed by atoms with Crippen molar-refractivity contribution < 1.29 is 29.5 Å². The first-order chi connectivity index (χ1) is 14.4. The van der Waals surface area contributed by atoms with Gasteiger partial charge in [-0.1, -0.05) is 6.07 Å². The molecule has 0 unspecified atom stereocenters. The van der Waals surface area contributed by atoms with Gasteiger partial charge in [-0.25, -0.2) is 0 Å². The molecule has 3 N–H and O–H groups in total. The molecule has 4 rings (SSSR count). The molecule has 7 nitrogen and oxygen atoms in total. The van der Waals surface area contributed by atoms with Crippen LogP contribution >= 0.6 is 0 Å². The number of aliphatic hydroxyl groups is 2. The molecule has 2 aliphatic rings. The van der Waals surface area contributed by atoms with Crippen molar-refractivity contribution >= 4 is 0 Å². The normalized spacial score (nSPS) is 21.5. The van der Waals surface area contributed by atoms with Crippen molar-refractivity contribution in [3.05, 3.63) is 47.5 Å². The van der Waals surface area contributed by atoms with Crippen molar-refractivity contribution in [2.75, 3.05) is 33.9 Å². The number of ether oxygens (including phenoxy) is 3. The molecule has 0 saturated carbocycles. The lowest BCUT2D eigenvalue weighted by Gasteiger charge is -2.46. The number of hydrogen-bond acceptors (Lipinski definition) is 7. The van der Waals surface area contributed by atoms with Gasteiger partial charge in [-0.15, -0.1) is 0 Å². The average molecular weight is 415 g/mol. The van der Waals surface area contributed by atoms with Crippen molar-refractivity contribution in [1.29, 1.82) is 0 Å². The fourth-order valence-corrected chi connectivity index (χ4v) is 4.49. The molecular formula is C23H29NO6. The number of aromatic hydroxyl groups is 1. The minimum absolute atomic E-state index is 0.131. The van der Waals surface area contributed by atoms with Crippen molar-refractivity contribution in [2.45, 2.75) is 37.1 Å². The van der Waals surface area contributed by atoms with E-state index in [1.165, 1.54) is 0 Å². The highest BCUT2D eigenvalue weighted by molar-refractivity contribution is 5.44. The maximum atomic E-state index is 10.7. The largest absolute Gasteiger partial charge is 0.508 e. The van der Waals surface area contributed by atoms with Gasteiger partial charge in [0.05, 0.1) is 26.4 Å². The van der Waals surface area contributed by atoms with Crippen LogP contribution in [0.2, 0.25) is 0 Å². The predicted octanol–water partition coefficient (Wildman–Crippen LogP) is 2.79. The summed E-state index contributed by atoms with van der Waals surface area (Å²) in [7, 11) is 3.17. The molecule has 2 heterocycles. The highest BCUT2D eigenvalue weighted by Gasteiger charge is 2.43. The second-order valence-electron chi connectivity index (χ2n) is 8.16. The van der Waals surface area contributed by atoms with E-state index in [9.17, 15) is 15.3 Å². The van der Waals surface area contributed by atoms with Gasteiger partial charge in [0.1, 0.15) is 17.1 Å². The molecule has 1 saturated heterocycles. The molecule has 162 valence electrons. The fraction of sp³-hybridized carbons (Fsp3) is 0.478. The van der Waals surface area contributed by atoms with Crippen LogP contribution in [0.25, 0.3) is 0 Å². The van der Waals surface area contributed by atoms with Crippen molar-refractivity contribution in [1.82, 2.24) is 4.90 Å². The van der Waals surface area contributed by atoms with Gasteiger partial charge in [0, 0.05) is 31.6 Å². The van der Waals surface area contributed by atoms with Crippen LogP contribution in [-0.2, 0) is 0 Å². The zero-order valence-electron chi connectivity index (χ0n) is 17.4. The van der Waals surface area contributed by atoms with Crippen LogP contribution in [-0.4, -0.2) is 59.7 Å². The Morgan fingerprint density at radius 1 is 1.10 bits per heavy atom. The first-order valence-electron chi connectivity index (χ1n) is 10.3. The molecule has 0 aliphatic carbocycles. The number of piperidine rings is 1. The quantitative estimate of drug-likeness (QED) is 0.692.